The molecule has 0 atom stereocenters. The minimum atomic E-state index is -4.57. The molecule has 0 heterocycles. The lowest BCUT2D eigenvalue weighted by Crippen LogP contribution is -2.05. The van der Waals surface area contributed by atoms with Gasteiger partial charge in [0.2, 0.25) is 0 Å². The first kappa shape index (κ1) is 16.4. The minimum absolute atomic E-state index is 0.0351. The van der Waals surface area contributed by atoms with Gasteiger partial charge in [-0.3, -0.25) is 4.79 Å². The average molecular weight is 321 g/mol. The first-order valence-electron chi connectivity index (χ1n) is 6.32. The van der Waals surface area contributed by atoms with Crippen LogP contribution in [0.15, 0.2) is 36.4 Å². The van der Waals surface area contributed by atoms with E-state index in [2.05, 4.69) is 0 Å². The zero-order chi connectivity index (χ0) is 17.0. The highest BCUT2D eigenvalue weighted by Gasteiger charge is 2.31. The number of ether oxygens (including phenoxy) is 2. The Bertz CT molecular complexity index is 779. The van der Waals surface area contributed by atoms with E-state index in [-0.39, 0.29) is 28.4 Å². The number of methoxy groups -OCH3 is 1. The highest BCUT2D eigenvalue weighted by atomic mass is 19.4. The number of carbonyl (C=O) groups excluding carboxylic acids is 1. The van der Waals surface area contributed by atoms with Gasteiger partial charge in [-0.2, -0.15) is 18.4 Å². The summed E-state index contributed by atoms with van der Waals surface area (Å²) in [5.41, 5.74) is -0.843. The van der Waals surface area contributed by atoms with Crippen molar-refractivity contribution >= 4 is 6.29 Å². The summed E-state index contributed by atoms with van der Waals surface area (Å²) in [4.78, 5) is 11.0. The van der Waals surface area contributed by atoms with Crippen molar-refractivity contribution < 1.29 is 27.4 Å². The fourth-order valence-electron chi connectivity index (χ4n) is 1.92. The number of alkyl halides is 3. The Kier molecular flexibility index (Phi) is 4.55. The molecule has 0 N–H and O–H groups in total. The zero-order valence-corrected chi connectivity index (χ0v) is 11.8. The molecule has 0 aliphatic rings. The Morgan fingerprint density at radius 3 is 2.48 bits per heavy atom. The van der Waals surface area contributed by atoms with Crippen LogP contribution >= 0.6 is 0 Å². The van der Waals surface area contributed by atoms with Crippen LogP contribution in [0.5, 0.6) is 17.2 Å². The molecule has 118 valence electrons. The van der Waals surface area contributed by atoms with Crippen molar-refractivity contribution in [3.05, 3.63) is 53.1 Å². The van der Waals surface area contributed by atoms with Gasteiger partial charge in [0.05, 0.1) is 23.8 Å². The van der Waals surface area contributed by atoms with Gasteiger partial charge in [0.25, 0.3) is 0 Å². The Morgan fingerprint density at radius 1 is 1.17 bits per heavy atom. The topological polar surface area (TPSA) is 59.3 Å². The Labute approximate surface area is 129 Å². The lowest BCUT2D eigenvalue weighted by Gasteiger charge is -2.14. The largest absolute Gasteiger partial charge is 0.492 e. The van der Waals surface area contributed by atoms with Crippen LogP contribution in [-0.4, -0.2) is 13.4 Å². The number of carbonyl (C=O) groups is 1. The molecule has 0 radical (unpaired) electrons. The highest BCUT2D eigenvalue weighted by molar-refractivity contribution is 5.81. The molecule has 2 aromatic rings. The molecule has 0 fully saturated rings. The van der Waals surface area contributed by atoms with Crippen molar-refractivity contribution in [3.8, 4) is 23.3 Å². The van der Waals surface area contributed by atoms with E-state index in [0.29, 0.717) is 6.29 Å². The summed E-state index contributed by atoms with van der Waals surface area (Å²) in [5, 5.41) is 9.02. The monoisotopic (exact) mass is 321 g/mol. The number of para-hydroxylation sites is 1. The molecule has 4 nitrogen and oxygen atoms in total. The summed E-state index contributed by atoms with van der Waals surface area (Å²) >= 11 is 0. The molecule has 2 rings (SSSR count). The lowest BCUT2D eigenvalue weighted by atomic mass is 10.1. The molecular weight excluding hydrogens is 311 g/mol. The molecule has 0 amide bonds. The first-order chi connectivity index (χ1) is 10.9. The molecule has 2 aromatic carbocycles. The fraction of sp³-hybridized carbons (Fsp3) is 0.125. The Morgan fingerprint density at radius 2 is 1.91 bits per heavy atom. The molecule has 7 heteroatoms. The lowest BCUT2D eigenvalue weighted by molar-refractivity contribution is -0.137. The van der Waals surface area contributed by atoms with Crippen molar-refractivity contribution in [2.24, 2.45) is 0 Å². The summed E-state index contributed by atoms with van der Waals surface area (Å²) in [6.45, 7) is 0. The number of nitriles is 1. The molecule has 0 aromatic heterocycles. The number of nitrogens with zero attached hydrogens (tertiary/aromatic N) is 1. The molecule has 0 saturated carbocycles. The fourth-order valence-corrected chi connectivity index (χ4v) is 1.92. The third-order valence-corrected chi connectivity index (χ3v) is 2.99. The number of hydrogen-bond donors (Lipinski definition) is 0. The van der Waals surface area contributed by atoms with Crippen LogP contribution in [0, 0.1) is 11.3 Å². The second-order valence-electron chi connectivity index (χ2n) is 4.42. The molecule has 0 saturated heterocycles. The Balaban J connectivity index is 2.52. The third kappa shape index (κ3) is 3.43. The third-order valence-electron chi connectivity index (χ3n) is 2.99. The van der Waals surface area contributed by atoms with E-state index in [1.165, 1.54) is 25.3 Å². The van der Waals surface area contributed by atoms with Crippen molar-refractivity contribution in [2.45, 2.75) is 6.18 Å². The maximum absolute atomic E-state index is 12.8. The summed E-state index contributed by atoms with van der Waals surface area (Å²) in [6.07, 6.45) is -4.04. The van der Waals surface area contributed by atoms with Gasteiger partial charge in [-0.15, -0.1) is 0 Å². The van der Waals surface area contributed by atoms with E-state index < -0.39 is 11.7 Å². The van der Waals surface area contributed by atoms with Crippen molar-refractivity contribution in [1.82, 2.24) is 0 Å². The second kappa shape index (κ2) is 6.40. The van der Waals surface area contributed by atoms with Crippen LogP contribution < -0.4 is 9.47 Å². The molecule has 0 aliphatic carbocycles. The predicted octanol–water partition coefficient (Wildman–Crippen LogP) is 4.19. The van der Waals surface area contributed by atoms with Gasteiger partial charge >= 0.3 is 6.18 Å². The van der Waals surface area contributed by atoms with Crippen LogP contribution in [0.2, 0.25) is 0 Å². The molecular formula is C16H10F3NO3. The molecule has 23 heavy (non-hydrogen) atoms. The van der Waals surface area contributed by atoms with Gasteiger partial charge in [0.1, 0.15) is 11.8 Å². The van der Waals surface area contributed by atoms with E-state index in [1.54, 1.807) is 6.07 Å². The average Bonchev–Trinajstić information content (AvgIpc) is 2.53. The van der Waals surface area contributed by atoms with Crippen molar-refractivity contribution in [1.29, 1.82) is 5.26 Å². The van der Waals surface area contributed by atoms with Crippen molar-refractivity contribution in [3.63, 3.8) is 0 Å². The quantitative estimate of drug-likeness (QED) is 0.792. The van der Waals surface area contributed by atoms with Crippen LogP contribution in [0.4, 0.5) is 13.2 Å². The standard InChI is InChI=1S/C16H10F3NO3/c1-22-15-11(9-21)3-2-4-13(15)23-14-7-12(16(17,18)19)6-5-10(14)8-20/h2-7,9H,1H3. The van der Waals surface area contributed by atoms with Crippen LogP contribution in [0.25, 0.3) is 0 Å². The van der Waals surface area contributed by atoms with E-state index >= 15 is 0 Å². The Hall–Kier alpha value is -3.01. The van der Waals surface area contributed by atoms with Gasteiger partial charge in [-0.05, 0) is 30.3 Å². The minimum Gasteiger partial charge on any atom is -0.492 e. The maximum Gasteiger partial charge on any atom is 0.416 e. The maximum atomic E-state index is 12.8. The number of benzene rings is 2. The number of aldehydes is 1. The summed E-state index contributed by atoms with van der Waals surface area (Å²) < 4.78 is 48.8. The molecule has 0 aliphatic heterocycles. The van der Waals surface area contributed by atoms with Crippen LogP contribution in [-0.2, 0) is 6.18 Å². The van der Waals surface area contributed by atoms with E-state index in [0.717, 1.165) is 18.2 Å². The van der Waals surface area contributed by atoms with Gasteiger partial charge in [0, 0.05) is 0 Å². The number of halogens is 3. The second-order valence-corrected chi connectivity index (χ2v) is 4.42. The zero-order valence-electron chi connectivity index (χ0n) is 11.8. The van der Waals surface area contributed by atoms with Gasteiger partial charge < -0.3 is 9.47 Å². The smallest absolute Gasteiger partial charge is 0.416 e. The van der Waals surface area contributed by atoms with Gasteiger partial charge in [-0.25, -0.2) is 0 Å². The summed E-state index contributed by atoms with van der Waals surface area (Å²) in [5.74, 6) is -0.166. The van der Waals surface area contributed by atoms with E-state index in [9.17, 15) is 18.0 Å². The summed E-state index contributed by atoms with van der Waals surface area (Å²) in [6, 6.07) is 8.68. The number of hydrogen-bond acceptors (Lipinski definition) is 4. The normalized spacial score (nSPS) is 10.7. The molecule has 0 unspecified atom stereocenters. The molecule has 0 spiro atoms. The number of rotatable bonds is 4. The van der Waals surface area contributed by atoms with Crippen LogP contribution in [0.3, 0.4) is 0 Å². The van der Waals surface area contributed by atoms with Crippen molar-refractivity contribution in [2.75, 3.05) is 7.11 Å². The summed E-state index contributed by atoms with van der Waals surface area (Å²) in [7, 11) is 1.30. The first-order valence-corrected chi connectivity index (χ1v) is 6.32. The highest BCUT2D eigenvalue weighted by Crippen LogP contribution is 2.38. The predicted molar refractivity (Wildman–Crippen MR) is 74.6 cm³/mol. The van der Waals surface area contributed by atoms with E-state index in [4.69, 9.17) is 14.7 Å². The SMILES string of the molecule is COc1c(C=O)cccc1Oc1cc(C(F)(F)F)ccc1C#N. The van der Waals surface area contributed by atoms with Gasteiger partial charge in [0.15, 0.2) is 17.8 Å². The van der Waals surface area contributed by atoms with E-state index in [1.807, 2.05) is 0 Å². The van der Waals surface area contributed by atoms with Gasteiger partial charge in [-0.1, -0.05) is 6.07 Å². The molecule has 0 bridgehead atoms. The van der Waals surface area contributed by atoms with Crippen LogP contribution in [0.1, 0.15) is 21.5 Å².